The van der Waals surface area contributed by atoms with E-state index in [1.165, 1.54) is 12.1 Å². The summed E-state index contributed by atoms with van der Waals surface area (Å²) < 4.78 is 19.3. The van der Waals surface area contributed by atoms with Crippen LogP contribution in [-0.4, -0.2) is 17.5 Å². The number of aromatic nitrogens is 1. The molecule has 0 saturated heterocycles. The molecule has 1 aromatic carbocycles. The normalized spacial score (nSPS) is 11.8. The first kappa shape index (κ1) is 15.4. The van der Waals surface area contributed by atoms with Gasteiger partial charge in [-0.15, -0.1) is 0 Å². The van der Waals surface area contributed by atoms with Crippen molar-refractivity contribution in [2.75, 3.05) is 6.61 Å². The molecular weight excluding hydrogens is 339 g/mol. The Hall–Kier alpha value is -1.95. The van der Waals surface area contributed by atoms with Crippen LogP contribution in [0.15, 0.2) is 47.2 Å². The highest BCUT2D eigenvalue weighted by atomic mass is 79.9. The molecule has 2 aromatic rings. The minimum Gasteiger partial charge on any atom is -0.481 e. The molecule has 0 aliphatic heterocycles. The van der Waals surface area contributed by atoms with E-state index >= 15 is 0 Å². The zero-order valence-corrected chi connectivity index (χ0v) is 12.9. The van der Waals surface area contributed by atoms with E-state index in [2.05, 4.69) is 26.2 Å². The molecule has 1 heterocycles. The van der Waals surface area contributed by atoms with E-state index in [-0.39, 0.29) is 24.3 Å². The van der Waals surface area contributed by atoms with Gasteiger partial charge >= 0.3 is 0 Å². The molecule has 0 fully saturated rings. The number of carbonyl (C=O) groups is 1. The predicted molar refractivity (Wildman–Crippen MR) is 80.4 cm³/mol. The van der Waals surface area contributed by atoms with Crippen LogP contribution in [0.4, 0.5) is 4.39 Å². The maximum absolute atomic E-state index is 13.5. The SMILES string of the molecule is CC(NC(=O)COc1ccc(Br)cc1F)c1ccncc1. The maximum atomic E-state index is 13.5. The lowest BCUT2D eigenvalue weighted by Crippen LogP contribution is -2.31. The summed E-state index contributed by atoms with van der Waals surface area (Å²) >= 11 is 3.15. The lowest BCUT2D eigenvalue weighted by molar-refractivity contribution is -0.123. The minimum atomic E-state index is -0.514. The Balaban J connectivity index is 1.87. The number of pyridine rings is 1. The minimum absolute atomic E-state index is 0.0462. The van der Waals surface area contributed by atoms with Crippen LogP contribution >= 0.6 is 15.9 Å². The number of amides is 1. The molecule has 110 valence electrons. The Labute approximate surface area is 130 Å². The van der Waals surface area contributed by atoms with Crippen molar-refractivity contribution in [3.05, 3.63) is 58.6 Å². The molecule has 0 bridgehead atoms. The molecule has 1 amide bonds. The second-order valence-electron chi connectivity index (χ2n) is 4.43. The van der Waals surface area contributed by atoms with Gasteiger partial charge in [-0.2, -0.15) is 0 Å². The number of hydrogen-bond acceptors (Lipinski definition) is 3. The number of halogens is 2. The summed E-state index contributed by atoms with van der Waals surface area (Å²) in [6.07, 6.45) is 3.32. The Bertz CT molecular complexity index is 622. The summed E-state index contributed by atoms with van der Waals surface area (Å²) in [4.78, 5) is 15.7. The second-order valence-corrected chi connectivity index (χ2v) is 5.35. The van der Waals surface area contributed by atoms with E-state index in [4.69, 9.17) is 4.74 Å². The van der Waals surface area contributed by atoms with Crippen molar-refractivity contribution >= 4 is 21.8 Å². The van der Waals surface area contributed by atoms with E-state index in [1.807, 2.05) is 19.1 Å². The van der Waals surface area contributed by atoms with Crippen molar-refractivity contribution in [2.45, 2.75) is 13.0 Å². The van der Waals surface area contributed by atoms with E-state index in [0.29, 0.717) is 4.47 Å². The van der Waals surface area contributed by atoms with E-state index < -0.39 is 5.82 Å². The molecule has 6 heteroatoms. The average molecular weight is 353 g/mol. The third kappa shape index (κ3) is 4.53. The van der Waals surface area contributed by atoms with Gasteiger partial charge in [0.25, 0.3) is 5.91 Å². The van der Waals surface area contributed by atoms with Crippen molar-refractivity contribution < 1.29 is 13.9 Å². The van der Waals surface area contributed by atoms with Crippen molar-refractivity contribution in [1.29, 1.82) is 0 Å². The summed E-state index contributed by atoms with van der Waals surface area (Å²) in [5.74, 6) is -0.786. The smallest absolute Gasteiger partial charge is 0.258 e. The molecule has 0 saturated carbocycles. The molecule has 4 nitrogen and oxygen atoms in total. The van der Waals surface area contributed by atoms with E-state index in [9.17, 15) is 9.18 Å². The fourth-order valence-electron chi connectivity index (χ4n) is 1.75. The summed E-state index contributed by atoms with van der Waals surface area (Å²) in [7, 11) is 0. The molecular formula is C15H14BrFN2O2. The van der Waals surface area contributed by atoms with E-state index in [1.54, 1.807) is 18.5 Å². The van der Waals surface area contributed by atoms with Gasteiger partial charge in [-0.25, -0.2) is 4.39 Å². The van der Waals surface area contributed by atoms with Crippen molar-refractivity contribution in [3.63, 3.8) is 0 Å². The number of ether oxygens (including phenoxy) is 1. The molecule has 1 unspecified atom stereocenters. The van der Waals surface area contributed by atoms with Gasteiger partial charge < -0.3 is 10.1 Å². The molecule has 0 spiro atoms. The Morgan fingerprint density at radius 2 is 2.10 bits per heavy atom. The van der Waals surface area contributed by atoms with E-state index in [0.717, 1.165) is 5.56 Å². The van der Waals surface area contributed by atoms with Crippen molar-refractivity contribution in [3.8, 4) is 5.75 Å². The number of hydrogen-bond donors (Lipinski definition) is 1. The zero-order valence-electron chi connectivity index (χ0n) is 11.3. The summed E-state index contributed by atoms with van der Waals surface area (Å²) in [5.41, 5.74) is 0.938. The van der Waals surface area contributed by atoms with Crippen molar-refractivity contribution in [1.82, 2.24) is 10.3 Å². The first-order valence-electron chi connectivity index (χ1n) is 6.33. The summed E-state index contributed by atoms with van der Waals surface area (Å²) in [6.45, 7) is 1.61. The third-order valence-corrected chi connectivity index (χ3v) is 3.33. The van der Waals surface area contributed by atoms with Gasteiger partial charge in [-0.05, 0) is 42.8 Å². The first-order valence-corrected chi connectivity index (χ1v) is 7.12. The number of nitrogens with zero attached hydrogens (tertiary/aromatic N) is 1. The molecule has 2 rings (SSSR count). The van der Waals surface area contributed by atoms with Gasteiger partial charge in [0.15, 0.2) is 18.2 Å². The van der Waals surface area contributed by atoms with Gasteiger partial charge in [0.2, 0.25) is 0 Å². The van der Waals surface area contributed by atoms with Gasteiger partial charge in [0.05, 0.1) is 6.04 Å². The summed E-state index contributed by atoms with van der Waals surface area (Å²) in [5, 5.41) is 2.77. The van der Waals surface area contributed by atoms with Crippen LogP contribution in [0.5, 0.6) is 5.75 Å². The highest BCUT2D eigenvalue weighted by Crippen LogP contribution is 2.21. The number of rotatable bonds is 5. The van der Waals surface area contributed by atoms with Gasteiger partial charge in [-0.3, -0.25) is 9.78 Å². The number of nitrogens with one attached hydrogen (secondary N) is 1. The molecule has 1 N–H and O–H groups in total. The standard InChI is InChI=1S/C15H14BrFN2O2/c1-10(11-4-6-18-7-5-11)19-15(20)9-21-14-3-2-12(16)8-13(14)17/h2-8,10H,9H2,1H3,(H,19,20). The number of carbonyl (C=O) groups excluding carboxylic acids is 1. The van der Waals surface area contributed by atoms with Crippen LogP contribution in [-0.2, 0) is 4.79 Å². The first-order chi connectivity index (χ1) is 10.1. The number of benzene rings is 1. The largest absolute Gasteiger partial charge is 0.481 e. The Kier molecular flexibility index (Phi) is 5.27. The lowest BCUT2D eigenvalue weighted by Gasteiger charge is -2.14. The topological polar surface area (TPSA) is 51.2 Å². The van der Waals surface area contributed by atoms with Gasteiger partial charge in [0, 0.05) is 16.9 Å². The third-order valence-electron chi connectivity index (χ3n) is 2.84. The van der Waals surface area contributed by atoms with Gasteiger partial charge in [-0.1, -0.05) is 15.9 Å². The molecule has 1 aromatic heterocycles. The summed E-state index contributed by atoms with van der Waals surface area (Å²) in [6, 6.07) is 7.88. The second kappa shape index (κ2) is 7.17. The average Bonchev–Trinajstić information content (AvgIpc) is 2.47. The molecule has 0 radical (unpaired) electrons. The van der Waals surface area contributed by atoms with Crippen LogP contribution in [0, 0.1) is 5.82 Å². The fourth-order valence-corrected chi connectivity index (χ4v) is 2.09. The molecule has 0 aliphatic carbocycles. The quantitative estimate of drug-likeness (QED) is 0.898. The van der Waals surface area contributed by atoms with Crippen LogP contribution in [0.25, 0.3) is 0 Å². The maximum Gasteiger partial charge on any atom is 0.258 e. The van der Waals surface area contributed by atoms with Crippen LogP contribution in [0.3, 0.4) is 0 Å². The Morgan fingerprint density at radius 1 is 1.38 bits per heavy atom. The zero-order chi connectivity index (χ0) is 15.2. The van der Waals surface area contributed by atoms with Gasteiger partial charge in [0.1, 0.15) is 0 Å². The monoisotopic (exact) mass is 352 g/mol. The van der Waals surface area contributed by atoms with Crippen LogP contribution in [0.1, 0.15) is 18.5 Å². The fraction of sp³-hybridized carbons (Fsp3) is 0.200. The highest BCUT2D eigenvalue weighted by Gasteiger charge is 2.11. The van der Waals surface area contributed by atoms with Crippen LogP contribution < -0.4 is 10.1 Å². The molecule has 0 aliphatic rings. The lowest BCUT2D eigenvalue weighted by atomic mass is 10.1. The molecule has 1 atom stereocenters. The predicted octanol–water partition coefficient (Wildman–Crippen LogP) is 3.24. The molecule has 21 heavy (non-hydrogen) atoms. The van der Waals surface area contributed by atoms with Crippen LogP contribution in [0.2, 0.25) is 0 Å². The highest BCUT2D eigenvalue weighted by molar-refractivity contribution is 9.10. The van der Waals surface area contributed by atoms with Crippen molar-refractivity contribution in [2.24, 2.45) is 0 Å². The Morgan fingerprint density at radius 3 is 2.76 bits per heavy atom.